The third-order valence-electron chi connectivity index (χ3n) is 1.52. The number of Topliss-reactive ketones (excluding diaryl/α,β-unsaturated/α-hetero) is 3. The van der Waals surface area contributed by atoms with Gasteiger partial charge in [-0.25, -0.2) is 0 Å². The van der Waals surface area contributed by atoms with Gasteiger partial charge in [0.2, 0.25) is 0 Å². The van der Waals surface area contributed by atoms with Gasteiger partial charge in [0, 0.05) is 0 Å². The minimum atomic E-state index is -0.626. The van der Waals surface area contributed by atoms with Gasteiger partial charge in [-0.3, -0.25) is 14.4 Å². The van der Waals surface area contributed by atoms with Crippen LogP contribution in [-0.4, -0.2) is 17.3 Å². The summed E-state index contributed by atoms with van der Waals surface area (Å²) in [6.07, 6.45) is -0.124. The van der Waals surface area contributed by atoms with Gasteiger partial charge in [-0.2, -0.15) is 0 Å². The number of rotatable bonds is 4. The number of carbonyl (C=O) groups is 3. The summed E-state index contributed by atoms with van der Waals surface area (Å²) in [5, 5.41) is 0. The Balaban J connectivity index is 4.04. The minimum Gasteiger partial charge on any atom is -0.300 e. The second-order valence-electron chi connectivity index (χ2n) is 2.68. The standard InChI is InChI=1S/C8H12O3/c1-5(9)4-8(11)6(2)7(3)10/h6H,4H2,1-3H3. The van der Waals surface area contributed by atoms with E-state index in [2.05, 4.69) is 0 Å². The monoisotopic (exact) mass is 156 g/mol. The zero-order valence-electron chi connectivity index (χ0n) is 7.01. The molecule has 0 saturated carbocycles. The van der Waals surface area contributed by atoms with E-state index in [9.17, 15) is 14.4 Å². The molecule has 0 aromatic carbocycles. The Bertz CT molecular complexity index is 194. The highest BCUT2D eigenvalue weighted by Crippen LogP contribution is 2.01. The summed E-state index contributed by atoms with van der Waals surface area (Å²) >= 11 is 0. The average molecular weight is 156 g/mol. The molecule has 0 amide bonds. The SMILES string of the molecule is CC(=O)CC(=O)C(C)C(C)=O. The van der Waals surface area contributed by atoms with Crippen molar-refractivity contribution in [3.8, 4) is 0 Å². The van der Waals surface area contributed by atoms with Gasteiger partial charge in [0.1, 0.15) is 17.3 Å². The van der Waals surface area contributed by atoms with E-state index in [1.165, 1.54) is 20.8 Å². The molecule has 3 nitrogen and oxygen atoms in total. The Morgan fingerprint density at radius 2 is 1.64 bits per heavy atom. The van der Waals surface area contributed by atoms with Crippen LogP contribution in [0.2, 0.25) is 0 Å². The van der Waals surface area contributed by atoms with Crippen LogP contribution >= 0.6 is 0 Å². The van der Waals surface area contributed by atoms with Crippen molar-refractivity contribution in [2.24, 2.45) is 5.92 Å². The van der Waals surface area contributed by atoms with E-state index < -0.39 is 5.92 Å². The first kappa shape index (κ1) is 10.0. The minimum absolute atomic E-state index is 0.124. The Morgan fingerprint density at radius 1 is 1.18 bits per heavy atom. The van der Waals surface area contributed by atoms with Crippen molar-refractivity contribution in [3.63, 3.8) is 0 Å². The highest BCUT2D eigenvalue weighted by Gasteiger charge is 2.18. The first-order valence-corrected chi connectivity index (χ1v) is 3.47. The van der Waals surface area contributed by atoms with E-state index in [0.29, 0.717) is 0 Å². The molecule has 0 rings (SSSR count). The molecular formula is C8H12O3. The van der Waals surface area contributed by atoms with E-state index >= 15 is 0 Å². The van der Waals surface area contributed by atoms with E-state index in [-0.39, 0.29) is 23.8 Å². The fourth-order valence-electron chi connectivity index (χ4n) is 0.625. The summed E-state index contributed by atoms with van der Waals surface area (Å²) in [6, 6.07) is 0. The first-order chi connectivity index (χ1) is 4.95. The highest BCUT2D eigenvalue weighted by molar-refractivity contribution is 6.08. The maximum absolute atomic E-state index is 11.0. The van der Waals surface area contributed by atoms with Crippen LogP contribution < -0.4 is 0 Å². The molecule has 0 N–H and O–H groups in total. The largest absolute Gasteiger partial charge is 0.300 e. The lowest BCUT2D eigenvalue weighted by atomic mass is 9.99. The highest BCUT2D eigenvalue weighted by atomic mass is 16.2. The average Bonchev–Trinajstić information content (AvgIpc) is 1.84. The van der Waals surface area contributed by atoms with Gasteiger partial charge in [0.25, 0.3) is 0 Å². The second kappa shape index (κ2) is 4.01. The fraction of sp³-hybridized carbons (Fsp3) is 0.625. The van der Waals surface area contributed by atoms with Crippen molar-refractivity contribution in [2.45, 2.75) is 27.2 Å². The number of hydrogen-bond acceptors (Lipinski definition) is 3. The molecule has 0 aromatic rings. The lowest BCUT2D eigenvalue weighted by Gasteiger charge is -2.02. The molecule has 0 aromatic heterocycles. The molecule has 0 aliphatic heterocycles. The van der Waals surface area contributed by atoms with E-state index in [1.807, 2.05) is 0 Å². The number of carbonyl (C=O) groups excluding carboxylic acids is 3. The predicted octanol–water partition coefficient (Wildman–Crippen LogP) is 0.760. The molecule has 0 aliphatic rings. The molecule has 1 unspecified atom stereocenters. The maximum atomic E-state index is 11.0. The van der Waals surface area contributed by atoms with Crippen LogP contribution in [0.1, 0.15) is 27.2 Å². The van der Waals surface area contributed by atoms with Crippen molar-refractivity contribution in [2.75, 3.05) is 0 Å². The van der Waals surface area contributed by atoms with E-state index in [1.54, 1.807) is 0 Å². The van der Waals surface area contributed by atoms with Gasteiger partial charge in [0.15, 0.2) is 0 Å². The molecular weight excluding hydrogens is 144 g/mol. The molecule has 0 aliphatic carbocycles. The topological polar surface area (TPSA) is 51.2 Å². The third kappa shape index (κ3) is 3.65. The molecule has 0 fully saturated rings. The van der Waals surface area contributed by atoms with Crippen LogP contribution in [0.3, 0.4) is 0 Å². The number of hydrogen-bond donors (Lipinski definition) is 0. The van der Waals surface area contributed by atoms with Crippen LogP contribution in [0.25, 0.3) is 0 Å². The zero-order valence-corrected chi connectivity index (χ0v) is 7.01. The van der Waals surface area contributed by atoms with E-state index in [0.717, 1.165) is 0 Å². The Labute approximate surface area is 65.8 Å². The lowest BCUT2D eigenvalue weighted by molar-refractivity contribution is -0.132. The first-order valence-electron chi connectivity index (χ1n) is 3.47. The third-order valence-corrected chi connectivity index (χ3v) is 1.52. The predicted molar refractivity (Wildman–Crippen MR) is 40.2 cm³/mol. The summed E-state index contributed by atoms with van der Waals surface area (Å²) in [5.41, 5.74) is 0. The van der Waals surface area contributed by atoms with Crippen LogP contribution in [0.15, 0.2) is 0 Å². The Kier molecular flexibility index (Phi) is 3.65. The smallest absolute Gasteiger partial charge is 0.150 e. The van der Waals surface area contributed by atoms with Crippen molar-refractivity contribution in [3.05, 3.63) is 0 Å². The van der Waals surface area contributed by atoms with Gasteiger partial charge in [-0.05, 0) is 20.8 Å². The Morgan fingerprint density at radius 3 is 1.91 bits per heavy atom. The van der Waals surface area contributed by atoms with Crippen molar-refractivity contribution in [1.82, 2.24) is 0 Å². The van der Waals surface area contributed by atoms with Crippen LogP contribution in [0.4, 0.5) is 0 Å². The molecule has 3 heteroatoms. The van der Waals surface area contributed by atoms with Crippen molar-refractivity contribution < 1.29 is 14.4 Å². The van der Waals surface area contributed by atoms with Gasteiger partial charge in [-0.15, -0.1) is 0 Å². The summed E-state index contributed by atoms with van der Waals surface area (Å²) < 4.78 is 0. The van der Waals surface area contributed by atoms with Crippen LogP contribution in [0, 0.1) is 5.92 Å². The molecule has 0 bridgehead atoms. The van der Waals surface area contributed by atoms with Gasteiger partial charge >= 0.3 is 0 Å². The molecule has 62 valence electrons. The summed E-state index contributed by atoms with van der Waals surface area (Å²) in [4.78, 5) is 32.0. The van der Waals surface area contributed by atoms with Crippen LogP contribution in [0.5, 0.6) is 0 Å². The molecule has 0 spiro atoms. The van der Waals surface area contributed by atoms with Crippen molar-refractivity contribution >= 4 is 17.3 Å². The van der Waals surface area contributed by atoms with Crippen LogP contribution in [-0.2, 0) is 14.4 Å². The summed E-state index contributed by atoms with van der Waals surface area (Å²) in [5.74, 6) is -1.29. The fourth-order valence-corrected chi connectivity index (χ4v) is 0.625. The normalized spacial score (nSPS) is 12.3. The maximum Gasteiger partial charge on any atom is 0.150 e. The quantitative estimate of drug-likeness (QED) is 0.564. The molecule has 1 atom stereocenters. The second-order valence-corrected chi connectivity index (χ2v) is 2.68. The van der Waals surface area contributed by atoms with Gasteiger partial charge in [0.05, 0.1) is 12.3 Å². The molecule has 11 heavy (non-hydrogen) atoms. The summed E-state index contributed by atoms with van der Waals surface area (Å²) in [7, 11) is 0. The molecule has 0 heterocycles. The summed E-state index contributed by atoms with van der Waals surface area (Å²) in [6.45, 7) is 4.21. The number of ketones is 3. The van der Waals surface area contributed by atoms with Gasteiger partial charge in [-0.1, -0.05) is 0 Å². The Hall–Kier alpha value is -0.990. The van der Waals surface area contributed by atoms with E-state index in [4.69, 9.17) is 0 Å². The zero-order chi connectivity index (χ0) is 9.02. The van der Waals surface area contributed by atoms with Crippen molar-refractivity contribution in [1.29, 1.82) is 0 Å². The molecule has 0 radical (unpaired) electrons. The molecule has 0 saturated heterocycles. The van der Waals surface area contributed by atoms with Gasteiger partial charge < -0.3 is 0 Å². The lowest BCUT2D eigenvalue weighted by Crippen LogP contribution is -2.20.